The quantitative estimate of drug-likeness (QED) is 0.800. The Morgan fingerprint density at radius 3 is 2.81 bits per heavy atom. The van der Waals surface area contributed by atoms with Crippen LogP contribution >= 0.6 is 0 Å². The van der Waals surface area contributed by atoms with Crippen molar-refractivity contribution in [2.75, 3.05) is 5.32 Å². The summed E-state index contributed by atoms with van der Waals surface area (Å²) in [6.07, 6.45) is 3.21. The smallest absolute Gasteiger partial charge is 0.148 e. The van der Waals surface area contributed by atoms with Crippen molar-refractivity contribution >= 4 is 11.5 Å². The summed E-state index contributed by atoms with van der Waals surface area (Å²) in [5, 5.41) is 15.9. The molecule has 0 aliphatic carbocycles. The lowest BCUT2D eigenvalue weighted by Crippen LogP contribution is -1.97. The Morgan fingerprint density at radius 2 is 2.00 bits per heavy atom. The van der Waals surface area contributed by atoms with Gasteiger partial charge in [0.25, 0.3) is 0 Å². The van der Waals surface area contributed by atoms with Gasteiger partial charge in [-0.05, 0) is 24.3 Å². The van der Waals surface area contributed by atoms with Crippen molar-refractivity contribution in [2.24, 2.45) is 0 Å². The molecule has 5 nitrogen and oxygen atoms in total. The molecule has 0 radical (unpaired) electrons. The summed E-state index contributed by atoms with van der Waals surface area (Å²) in [7, 11) is 0. The molecule has 0 spiro atoms. The maximum Gasteiger partial charge on any atom is 0.148 e. The molecule has 1 aromatic carbocycles. The van der Waals surface area contributed by atoms with Crippen molar-refractivity contribution in [2.45, 2.75) is 0 Å². The molecular formula is C15H10FN5. The minimum atomic E-state index is -0.350. The molecule has 0 saturated carbocycles. The van der Waals surface area contributed by atoms with Gasteiger partial charge in [0.15, 0.2) is 0 Å². The highest BCUT2D eigenvalue weighted by atomic mass is 19.1. The molecule has 3 rings (SSSR count). The second kappa shape index (κ2) is 5.43. The van der Waals surface area contributed by atoms with Crippen LogP contribution < -0.4 is 5.32 Å². The number of pyridine rings is 1. The Labute approximate surface area is 120 Å². The number of nitriles is 1. The van der Waals surface area contributed by atoms with Crippen LogP contribution in [0.25, 0.3) is 5.69 Å². The van der Waals surface area contributed by atoms with Crippen LogP contribution in [-0.4, -0.2) is 14.8 Å². The van der Waals surface area contributed by atoms with Gasteiger partial charge in [0.05, 0.1) is 18.1 Å². The van der Waals surface area contributed by atoms with E-state index in [2.05, 4.69) is 15.4 Å². The molecule has 1 N–H and O–H groups in total. The zero-order valence-corrected chi connectivity index (χ0v) is 10.9. The van der Waals surface area contributed by atoms with Crippen LogP contribution in [0.4, 0.5) is 15.9 Å². The first-order chi connectivity index (χ1) is 10.3. The highest BCUT2D eigenvalue weighted by Gasteiger charge is 2.06. The van der Waals surface area contributed by atoms with Crippen LogP contribution in [0.5, 0.6) is 0 Å². The zero-order valence-electron chi connectivity index (χ0n) is 10.9. The fourth-order valence-corrected chi connectivity index (χ4v) is 1.87. The SMILES string of the molecule is N#Cc1cccc(Nc2cnn(-c3ccccc3F)c2)n1. The van der Waals surface area contributed by atoms with Crippen LogP contribution in [0.2, 0.25) is 0 Å². The zero-order chi connectivity index (χ0) is 14.7. The van der Waals surface area contributed by atoms with Crippen LogP contribution in [0.3, 0.4) is 0 Å². The van der Waals surface area contributed by atoms with E-state index in [1.165, 1.54) is 10.7 Å². The Balaban J connectivity index is 1.86. The van der Waals surface area contributed by atoms with E-state index in [-0.39, 0.29) is 5.82 Å². The lowest BCUT2D eigenvalue weighted by atomic mass is 10.3. The van der Waals surface area contributed by atoms with E-state index in [0.717, 1.165) is 0 Å². The van der Waals surface area contributed by atoms with E-state index in [0.29, 0.717) is 22.9 Å². The van der Waals surface area contributed by atoms with E-state index >= 15 is 0 Å². The highest BCUT2D eigenvalue weighted by molar-refractivity contribution is 5.55. The van der Waals surface area contributed by atoms with E-state index in [4.69, 9.17) is 5.26 Å². The maximum absolute atomic E-state index is 13.7. The average molecular weight is 279 g/mol. The third-order valence-corrected chi connectivity index (χ3v) is 2.82. The standard InChI is InChI=1S/C15H10FN5/c16-13-5-1-2-6-14(13)21-10-12(9-18-21)20-15-7-3-4-11(8-17)19-15/h1-7,9-10H,(H,19,20). The fraction of sp³-hybridized carbons (Fsp3) is 0. The summed E-state index contributed by atoms with van der Waals surface area (Å²) >= 11 is 0. The summed E-state index contributed by atoms with van der Waals surface area (Å²) in [6.45, 7) is 0. The number of para-hydroxylation sites is 1. The second-order valence-corrected chi connectivity index (χ2v) is 4.27. The summed E-state index contributed by atoms with van der Waals surface area (Å²) in [4.78, 5) is 4.10. The molecule has 2 heterocycles. The van der Waals surface area contributed by atoms with Crippen molar-refractivity contribution in [1.82, 2.24) is 14.8 Å². The summed E-state index contributed by atoms with van der Waals surface area (Å²) in [5.74, 6) is 0.180. The number of benzene rings is 1. The molecule has 2 aromatic heterocycles. The third kappa shape index (κ3) is 2.72. The second-order valence-electron chi connectivity index (χ2n) is 4.27. The van der Waals surface area contributed by atoms with E-state index in [9.17, 15) is 4.39 Å². The summed E-state index contributed by atoms with van der Waals surface area (Å²) in [5.41, 5.74) is 1.34. The van der Waals surface area contributed by atoms with Gasteiger partial charge in [0.2, 0.25) is 0 Å². The number of rotatable bonds is 3. The van der Waals surface area contributed by atoms with Crippen molar-refractivity contribution in [3.63, 3.8) is 0 Å². The van der Waals surface area contributed by atoms with E-state index in [1.807, 2.05) is 6.07 Å². The maximum atomic E-state index is 13.7. The normalized spacial score (nSPS) is 10.1. The molecule has 0 amide bonds. The van der Waals surface area contributed by atoms with Crippen molar-refractivity contribution in [1.29, 1.82) is 5.26 Å². The largest absolute Gasteiger partial charge is 0.338 e. The van der Waals surface area contributed by atoms with Gasteiger partial charge < -0.3 is 5.32 Å². The molecule has 102 valence electrons. The Morgan fingerprint density at radius 1 is 1.14 bits per heavy atom. The predicted octanol–water partition coefficient (Wildman–Crippen LogP) is 3.02. The van der Waals surface area contributed by atoms with Crippen molar-refractivity contribution < 1.29 is 4.39 Å². The number of hydrogen-bond acceptors (Lipinski definition) is 4. The Kier molecular flexibility index (Phi) is 3.31. The molecule has 0 saturated heterocycles. The van der Waals surface area contributed by atoms with Gasteiger partial charge in [0, 0.05) is 0 Å². The molecule has 0 aliphatic heterocycles. The molecule has 0 fully saturated rings. The van der Waals surface area contributed by atoms with Crippen LogP contribution in [0.15, 0.2) is 54.9 Å². The summed E-state index contributed by atoms with van der Waals surface area (Å²) < 4.78 is 15.1. The van der Waals surface area contributed by atoms with Gasteiger partial charge in [-0.3, -0.25) is 0 Å². The van der Waals surface area contributed by atoms with Crippen molar-refractivity contribution in [3.05, 3.63) is 66.4 Å². The van der Waals surface area contributed by atoms with E-state index < -0.39 is 0 Å². The number of halogens is 1. The number of nitrogens with one attached hydrogen (secondary N) is 1. The Hall–Kier alpha value is -3.20. The van der Waals surface area contributed by atoms with Gasteiger partial charge in [-0.2, -0.15) is 10.4 Å². The number of hydrogen-bond donors (Lipinski definition) is 1. The number of nitrogens with zero attached hydrogens (tertiary/aromatic N) is 4. The number of anilines is 2. The first-order valence-electron chi connectivity index (χ1n) is 6.20. The lowest BCUT2D eigenvalue weighted by molar-refractivity contribution is 0.611. The molecular weight excluding hydrogens is 269 g/mol. The molecule has 21 heavy (non-hydrogen) atoms. The van der Waals surface area contributed by atoms with Crippen LogP contribution in [0.1, 0.15) is 5.69 Å². The summed E-state index contributed by atoms with van der Waals surface area (Å²) in [6, 6.07) is 13.4. The number of aromatic nitrogens is 3. The first kappa shape index (κ1) is 12.8. The first-order valence-corrected chi connectivity index (χ1v) is 6.20. The van der Waals surface area contributed by atoms with Crippen molar-refractivity contribution in [3.8, 4) is 11.8 Å². The molecule has 0 aliphatic rings. The lowest BCUT2D eigenvalue weighted by Gasteiger charge is -2.03. The minimum absolute atomic E-state index is 0.321. The van der Waals surface area contributed by atoms with E-state index in [1.54, 1.807) is 48.8 Å². The monoisotopic (exact) mass is 279 g/mol. The van der Waals surface area contributed by atoms with Crippen LogP contribution in [0, 0.1) is 17.1 Å². The molecule has 0 atom stereocenters. The predicted molar refractivity (Wildman–Crippen MR) is 75.8 cm³/mol. The van der Waals surface area contributed by atoms with Gasteiger partial charge in [-0.15, -0.1) is 0 Å². The minimum Gasteiger partial charge on any atom is -0.338 e. The fourth-order valence-electron chi connectivity index (χ4n) is 1.87. The van der Waals surface area contributed by atoms with Gasteiger partial charge in [-0.25, -0.2) is 14.1 Å². The topological polar surface area (TPSA) is 66.5 Å². The van der Waals surface area contributed by atoms with Gasteiger partial charge in [-0.1, -0.05) is 18.2 Å². The van der Waals surface area contributed by atoms with Gasteiger partial charge in [0.1, 0.15) is 29.1 Å². The molecule has 0 unspecified atom stereocenters. The van der Waals surface area contributed by atoms with Crippen LogP contribution in [-0.2, 0) is 0 Å². The third-order valence-electron chi connectivity index (χ3n) is 2.82. The molecule has 6 heteroatoms. The molecule has 3 aromatic rings. The average Bonchev–Trinajstić information content (AvgIpc) is 2.96. The molecule has 0 bridgehead atoms. The highest BCUT2D eigenvalue weighted by Crippen LogP contribution is 2.17. The van der Waals surface area contributed by atoms with Gasteiger partial charge >= 0.3 is 0 Å². The Bertz CT molecular complexity index is 819.